The molecule has 2 atom stereocenters. The lowest BCUT2D eigenvalue weighted by molar-refractivity contribution is -0.158. The molecule has 0 amide bonds. The van der Waals surface area contributed by atoms with Crippen LogP contribution in [0.15, 0.2) is 30.3 Å². The number of hydrogen-bond donors (Lipinski definition) is 1. The summed E-state index contributed by atoms with van der Waals surface area (Å²) in [6.45, 7) is 7.78. The minimum absolute atomic E-state index is 0.289. The fraction of sp³-hybridized carbons (Fsp3) is 0.556. The molecule has 5 rings (SSSR count). The average molecular weight is 553 g/mol. The van der Waals surface area contributed by atoms with E-state index in [0.29, 0.717) is 38.8 Å². The van der Waals surface area contributed by atoms with Gasteiger partial charge in [0.05, 0.1) is 10.4 Å². The van der Waals surface area contributed by atoms with E-state index in [1.165, 1.54) is 12.8 Å². The highest BCUT2D eigenvalue weighted by atomic mass is 35.5. The van der Waals surface area contributed by atoms with Crippen LogP contribution in [0.5, 0.6) is 5.88 Å². The molecular weight excluding hydrogens is 521 g/mol. The number of pyridine rings is 1. The first kappa shape index (κ1) is 25.9. The number of carboxylic acid groups (broad SMARTS) is 1. The Hall–Kier alpha value is -1.73. The smallest absolute Gasteiger partial charge is 0.309 e. The number of carboxylic acids is 1. The van der Waals surface area contributed by atoms with Crippen molar-refractivity contribution < 1.29 is 14.6 Å². The summed E-state index contributed by atoms with van der Waals surface area (Å²) in [5.74, 6) is 1.81. The molecule has 194 valence electrons. The zero-order valence-electron chi connectivity index (χ0n) is 20.6. The van der Waals surface area contributed by atoms with Crippen molar-refractivity contribution >= 4 is 46.6 Å². The van der Waals surface area contributed by atoms with E-state index in [4.69, 9.17) is 44.5 Å². The predicted octanol–water partition coefficient (Wildman–Crippen LogP) is 6.58. The van der Waals surface area contributed by atoms with Crippen molar-refractivity contribution in [1.82, 2.24) is 9.88 Å². The number of aromatic nitrogens is 1. The number of nitrogens with zero attached hydrogens (tertiary/aromatic N) is 3. The van der Waals surface area contributed by atoms with Gasteiger partial charge < -0.3 is 19.6 Å². The van der Waals surface area contributed by atoms with Gasteiger partial charge in [-0.3, -0.25) is 4.79 Å². The summed E-state index contributed by atoms with van der Waals surface area (Å²) in [5, 5.41) is 11.2. The van der Waals surface area contributed by atoms with Crippen LogP contribution in [0.3, 0.4) is 0 Å². The molecule has 0 radical (unpaired) electrons. The zero-order chi connectivity index (χ0) is 25.6. The van der Waals surface area contributed by atoms with E-state index in [2.05, 4.69) is 9.80 Å². The van der Waals surface area contributed by atoms with Crippen LogP contribution in [0.25, 0.3) is 0 Å². The monoisotopic (exact) mass is 551 g/mol. The Morgan fingerprint density at radius 2 is 1.86 bits per heavy atom. The lowest BCUT2D eigenvalue weighted by Crippen LogP contribution is -2.58. The molecule has 1 N–H and O–H groups in total. The van der Waals surface area contributed by atoms with E-state index in [0.717, 1.165) is 50.4 Å². The molecule has 0 bridgehead atoms. The Labute approximate surface area is 227 Å². The van der Waals surface area contributed by atoms with Crippen LogP contribution in [-0.2, 0) is 4.79 Å². The lowest BCUT2D eigenvalue weighted by Gasteiger charge is -2.52. The summed E-state index contributed by atoms with van der Waals surface area (Å²) in [7, 11) is 0. The number of aliphatic carboxylic acids is 1. The van der Waals surface area contributed by atoms with E-state index in [1.54, 1.807) is 18.2 Å². The Balaban J connectivity index is 1.17. The third kappa shape index (κ3) is 5.15. The highest BCUT2D eigenvalue weighted by molar-refractivity contribution is 6.35. The number of carbonyl (C=O) groups is 1. The SMILES string of the molecule is C[C@@H](Oc1ccc(Cl)c(N2CC([C@H]3CCCN(C4CC(C)(C(=O)O)C4)C3)C2)n1)c1ccc(Cl)cc1Cl. The van der Waals surface area contributed by atoms with Crippen LogP contribution in [0.2, 0.25) is 15.1 Å². The Kier molecular flexibility index (Phi) is 7.34. The largest absolute Gasteiger partial charge is 0.481 e. The van der Waals surface area contributed by atoms with Gasteiger partial charge in [0.25, 0.3) is 0 Å². The highest BCUT2D eigenvalue weighted by Crippen LogP contribution is 2.45. The Morgan fingerprint density at radius 1 is 1.11 bits per heavy atom. The molecule has 3 heterocycles. The zero-order valence-corrected chi connectivity index (χ0v) is 22.9. The maximum absolute atomic E-state index is 11.5. The summed E-state index contributed by atoms with van der Waals surface area (Å²) >= 11 is 18.9. The number of rotatable bonds is 7. The minimum atomic E-state index is -0.664. The van der Waals surface area contributed by atoms with Crippen LogP contribution in [0.4, 0.5) is 5.82 Å². The molecule has 3 fully saturated rings. The summed E-state index contributed by atoms with van der Waals surface area (Å²) in [4.78, 5) is 21.0. The molecule has 9 heteroatoms. The van der Waals surface area contributed by atoms with Gasteiger partial charge in [-0.15, -0.1) is 0 Å². The standard InChI is InChI=1S/C27H32Cl3N3O3/c1-16(21-6-5-19(28)10-23(21)30)36-24-8-7-22(29)25(31-24)33-14-18(15-33)17-4-3-9-32(13-17)20-11-27(2,12-20)26(34)35/h5-8,10,16-18,20H,3-4,9,11-15H2,1-2H3,(H,34,35)/t16-,17+,20?,27?/m1/s1. The molecule has 2 saturated heterocycles. The second-order valence-electron chi connectivity index (χ2n) is 10.9. The second-order valence-corrected chi connectivity index (χ2v) is 12.1. The third-order valence-corrected chi connectivity index (χ3v) is 9.13. The van der Waals surface area contributed by atoms with Crippen LogP contribution in [0.1, 0.15) is 51.2 Å². The normalized spacial score (nSPS) is 27.8. The average Bonchev–Trinajstić information content (AvgIpc) is 2.78. The minimum Gasteiger partial charge on any atom is -0.481 e. The highest BCUT2D eigenvalue weighted by Gasteiger charge is 2.49. The quantitative estimate of drug-likeness (QED) is 0.418. The fourth-order valence-electron chi connectivity index (χ4n) is 5.93. The molecule has 0 spiro atoms. The first-order chi connectivity index (χ1) is 17.1. The van der Waals surface area contributed by atoms with Gasteiger partial charge in [0.2, 0.25) is 5.88 Å². The van der Waals surface area contributed by atoms with E-state index >= 15 is 0 Å². The number of piperidine rings is 1. The van der Waals surface area contributed by atoms with Crippen molar-refractivity contribution in [1.29, 1.82) is 0 Å². The maximum atomic E-state index is 11.5. The molecular formula is C27H32Cl3N3O3. The van der Waals surface area contributed by atoms with E-state index < -0.39 is 11.4 Å². The van der Waals surface area contributed by atoms with Crippen molar-refractivity contribution in [3.8, 4) is 5.88 Å². The molecule has 1 aliphatic carbocycles. The number of halogens is 3. The fourth-order valence-corrected chi connectivity index (χ4v) is 6.72. The molecule has 0 unspecified atom stereocenters. The van der Waals surface area contributed by atoms with Crippen LogP contribution in [0, 0.1) is 17.3 Å². The summed E-state index contributed by atoms with van der Waals surface area (Å²) < 4.78 is 6.10. The van der Waals surface area contributed by atoms with Gasteiger partial charge in [-0.25, -0.2) is 0 Å². The summed E-state index contributed by atoms with van der Waals surface area (Å²) in [6, 6.07) is 9.40. The predicted molar refractivity (Wildman–Crippen MR) is 144 cm³/mol. The van der Waals surface area contributed by atoms with Gasteiger partial charge >= 0.3 is 5.97 Å². The van der Waals surface area contributed by atoms with Crippen molar-refractivity contribution in [2.45, 2.75) is 51.7 Å². The topological polar surface area (TPSA) is 65.9 Å². The lowest BCUT2D eigenvalue weighted by atomic mass is 9.65. The molecule has 6 nitrogen and oxygen atoms in total. The van der Waals surface area contributed by atoms with Crippen molar-refractivity contribution in [2.75, 3.05) is 31.1 Å². The van der Waals surface area contributed by atoms with Crippen LogP contribution < -0.4 is 9.64 Å². The Morgan fingerprint density at radius 3 is 2.56 bits per heavy atom. The van der Waals surface area contributed by atoms with Crippen molar-refractivity contribution in [2.24, 2.45) is 17.3 Å². The summed E-state index contributed by atoms with van der Waals surface area (Å²) in [5.41, 5.74) is 0.303. The van der Waals surface area contributed by atoms with Gasteiger partial charge in [0.1, 0.15) is 6.10 Å². The van der Waals surface area contributed by atoms with E-state index in [-0.39, 0.29) is 6.10 Å². The number of benzene rings is 1. The Bertz CT molecular complexity index is 1130. The molecule has 1 aromatic carbocycles. The second kappa shape index (κ2) is 10.2. The van der Waals surface area contributed by atoms with Crippen LogP contribution in [-0.4, -0.2) is 53.2 Å². The third-order valence-electron chi connectivity index (χ3n) is 8.27. The molecule has 1 aromatic heterocycles. The molecule has 3 aliphatic rings. The van der Waals surface area contributed by atoms with Crippen molar-refractivity contribution in [3.63, 3.8) is 0 Å². The number of anilines is 1. The van der Waals surface area contributed by atoms with E-state index in [9.17, 15) is 9.90 Å². The number of likely N-dealkylation sites (tertiary alicyclic amines) is 1. The first-order valence-corrected chi connectivity index (χ1v) is 13.8. The van der Waals surface area contributed by atoms with E-state index in [1.807, 2.05) is 26.0 Å². The molecule has 1 saturated carbocycles. The summed E-state index contributed by atoms with van der Waals surface area (Å²) in [6.07, 6.45) is 3.63. The maximum Gasteiger partial charge on any atom is 0.309 e. The van der Waals surface area contributed by atoms with Gasteiger partial charge in [-0.2, -0.15) is 4.98 Å². The molecule has 2 aromatic rings. The number of ether oxygens (including phenoxy) is 1. The van der Waals surface area contributed by atoms with Gasteiger partial charge in [-0.05, 0) is 76.1 Å². The van der Waals surface area contributed by atoms with Crippen molar-refractivity contribution in [3.05, 3.63) is 51.0 Å². The first-order valence-electron chi connectivity index (χ1n) is 12.6. The molecule has 2 aliphatic heterocycles. The van der Waals surface area contributed by atoms with Gasteiger partial charge in [0.15, 0.2) is 5.82 Å². The van der Waals surface area contributed by atoms with Gasteiger partial charge in [0, 0.05) is 47.4 Å². The number of hydrogen-bond acceptors (Lipinski definition) is 5. The van der Waals surface area contributed by atoms with Gasteiger partial charge in [-0.1, -0.05) is 40.9 Å². The molecule has 36 heavy (non-hydrogen) atoms. The van der Waals surface area contributed by atoms with Crippen LogP contribution >= 0.6 is 34.8 Å².